The van der Waals surface area contributed by atoms with Gasteiger partial charge in [0.15, 0.2) is 17.5 Å². The molecule has 10 nitrogen and oxygen atoms in total. The highest BCUT2D eigenvalue weighted by atomic mass is 15.1. The number of nitrogens with zero attached hydrogens (tertiary/aromatic N) is 10. The lowest BCUT2D eigenvalue weighted by molar-refractivity contribution is 1.06. The van der Waals surface area contributed by atoms with Gasteiger partial charge in [-0.15, -0.1) is 0 Å². The van der Waals surface area contributed by atoms with Gasteiger partial charge in [0.05, 0.1) is 80.0 Å². The van der Waals surface area contributed by atoms with Gasteiger partial charge in [0.2, 0.25) is 0 Å². The van der Waals surface area contributed by atoms with Crippen LogP contribution in [0.25, 0.3) is 89.2 Å². The molecule has 0 radical (unpaired) electrons. The van der Waals surface area contributed by atoms with Crippen molar-refractivity contribution in [1.82, 2.24) is 24.1 Å². The highest BCUT2D eigenvalue weighted by Gasteiger charge is 2.24. The summed E-state index contributed by atoms with van der Waals surface area (Å²) in [5, 5.41) is 54.0. The lowest BCUT2D eigenvalue weighted by atomic mass is 10.0. The molecule has 0 aliphatic rings. The molecule has 0 aliphatic heterocycles. The van der Waals surface area contributed by atoms with Crippen molar-refractivity contribution in [1.29, 1.82) is 26.3 Å². The van der Waals surface area contributed by atoms with Gasteiger partial charge in [-0.1, -0.05) is 60.7 Å². The molecular formula is C50H24N10. The standard InChI is InChI=1S/C50H24N10/c51-25-30-11-15-42-37(19-30)38-20-31(26-52)12-16-43(38)59(42)46-23-36(50-57-48(34-7-3-1-4-8-34)56-49(58-50)35-9-5-2-6-10-35)24-47(41(46)29-55)60-44-17-13-32(27-53)21-39(44)40-22-33(28-54)14-18-45(40)60/h1-24H. The fraction of sp³-hybridized carbons (Fsp3) is 0. The largest absolute Gasteiger partial charge is 0.308 e. The topological polar surface area (TPSA) is 167 Å². The van der Waals surface area contributed by atoms with Crippen molar-refractivity contribution in [2.45, 2.75) is 0 Å². The van der Waals surface area contributed by atoms with Gasteiger partial charge in [0.1, 0.15) is 11.6 Å². The summed E-state index contributed by atoms with van der Waals surface area (Å²) in [6, 6.07) is 56.1. The van der Waals surface area contributed by atoms with Gasteiger partial charge in [-0.25, -0.2) is 15.0 Å². The van der Waals surface area contributed by atoms with Crippen LogP contribution in [0.2, 0.25) is 0 Å². The minimum atomic E-state index is 0.305. The van der Waals surface area contributed by atoms with E-state index in [-0.39, 0.29) is 0 Å². The SMILES string of the molecule is N#Cc1ccc2c(c1)c1cc(C#N)ccc1n2-c1cc(-c2nc(-c3ccccc3)nc(-c3ccccc3)n2)cc(-n2c3ccc(C#N)cc3c3cc(C#N)ccc32)c1C#N. The normalized spacial score (nSPS) is 10.9. The first kappa shape index (κ1) is 35.0. The molecule has 7 aromatic carbocycles. The van der Waals surface area contributed by atoms with E-state index in [1.807, 2.05) is 106 Å². The Morgan fingerprint density at radius 2 is 0.650 bits per heavy atom. The average molecular weight is 765 g/mol. The summed E-state index contributed by atoms with van der Waals surface area (Å²) in [6.07, 6.45) is 0. The highest BCUT2D eigenvalue weighted by molar-refractivity contribution is 6.12. The van der Waals surface area contributed by atoms with Crippen LogP contribution in [0.5, 0.6) is 0 Å². The number of rotatable bonds is 5. The quantitative estimate of drug-likeness (QED) is 0.167. The summed E-state index contributed by atoms with van der Waals surface area (Å²) >= 11 is 0. The van der Waals surface area contributed by atoms with Gasteiger partial charge in [0.25, 0.3) is 0 Å². The Kier molecular flexibility index (Phi) is 8.16. The van der Waals surface area contributed by atoms with Crippen molar-refractivity contribution in [2.75, 3.05) is 0 Å². The second-order valence-corrected chi connectivity index (χ2v) is 14.1. The monoisotopic (exact) mass is 764 g/mol. The number of hydrogen-bond donors (Lipinski definition) is 0. The van der Waals surface area contributed by atoms with Crippen molar-refractivity contribution in [3.8, 4) is 75.9 Å². The zero-order valence-corrected chi connectivity index (χ0v) is 31.3. The van der Waals surface area contributed by atoms with Crippen molar-refractivity contribution >= 4 is 43.6 Å². The van der Waals surface area contributed by atoms with E-state index in [2.05, 4.69) is 30.3 Å². The first-order valence-corrected chi connectivity index (χ1v) is 18.7. The van der Waals surface area contributed by atoms with E-state index in [0.29, 0.717) is 84.3 Å². The van der Waals surface area contributed by atoms with E-state index >= 15 is 0 Å². The molecule has 10 heteroatoms. The van der Waals surface area contributed by atoms with Crippen LogP contribution in [0, 0.1) is 56.7 Å². The third-order valence-electron chi connectivity index (χ3n) is 10.7. The molecule has 0 atom stereocenters. The van der Waals surface area contributed by atoms with Gasteiger partial charge in [0, 0.05) is 38.2 Å². The molecule has 0 saturated heterocycles. The Labute approximate surface area is 342 Å². The molecule has 10 aromatic rings. The highest BCUT2D eigenvalue weighted by Crippen LogP contribution is 2.41. The Morgan fingerprint density at radius 3 is 0.950 bits per heavy atom. The van der Waals surface area contributed by atoms with Crippen LogP contribution in [0.4, 0.5) is 0 Å². The molecule has 274 valence electrons. The number of fused-ring (bicyclic) bond motifs is 6. The van der Waals surface area contributed by atoms with Crippen LogP contribution in [0.3, 0.4) is 0 Å². The van der Waals surface area contributed by atoms with Crippen molar-refractivity contribution < 1.29 is 0 Å². The minimum Gasteiger partial charge on any atom is -0.308 e. The summed E-state index contributed by atoms with van der Waals surface area (Å²) in [7, 11) is 0. The maximum absolute atomic E-state index is 11.4. The predicted octanol–water partition coefficient (Wildman–Crippen LogP) is 10.4. The average Bonchev–Trinajstić information content (AvgIpc) is 3.82. The second-order valence-electron chi connectivity index (χ2n) is 14.1. The fourth-order valence-electron chi connectivity index (χ4n) is 7.99. The molecule has 0 unspecified atom stereocenters. The van der Waals surface area contributed by atoms with Crippen LogP contribution in [0.1, 0.15) is 27.8 Å². The zero-order chi connectivity index (χ0) is 40.9. The Hall–Kier alpha value is -9.40. The zero-order valence-electron chi connectivity index (χ0n) is 31.3. The molecule has 3 heterocycles. The summed E-state index contributed by atoms with van der Waals surface area (Å²) < 4.78 is 3.96. The Balaban J connectivity index is 1.37. The molecule has 0 bridgehead atoms. The maximum atomic E-state index is 11.4. The number of aromatic nitrogens is 5. The van der Waals surface area contributed by atoms with Crippen molar-refractivity contribution in [2.24, 2.45) is 0 Å². The van der Waals surface area contributed by atoms with Crippen molar-refractivity contribution in [3.63, 3.8) is 0 Å². The molecule has 0 spiro atoms. The van der Waals surface area contributed by atoms with Gasteiger partial charge in [-0.3, -0.25) is 0 Å². The predicted molar refractivity (Wildman–Crippen MR) is 228 cm³/mol. The minimum absolute atomic E-state index is 0.305. The summed E-state index contributed by atoms with van der Waals surface area (Å²) in [5.74, 6) is 1.27. The van der Waals surface area contributed by atoms with E-state index in [9.17, 15) is 26.3 Å². The van der Waals surface area contributed by atoms with Crippen LogP contribution in [-0.4, -0.2) is 24.1 Å². The van der Waals surface area contributed by atoms with E-state index in [1.54, 1.807) is 48.5 Å². The van der Waals surface area contributed by atoms with Crippen molar-refractivity contribution in [3.05, 3.63) is 173 Å². The van der Waals surface area contributed by atoms with Crippen LogP contribution in [0.15, 0.2) is 146 Å². The van der Waals surface area contributed by atoms with Crippen LogP contribution >= 0.6 is 0 Å². The van der Waals surface area contributed by atoms with Gasteiger partial charge in [-0.05, 0) is 84.9 Å². The second kappa shape index (κ2) is 14.0. The van der Waals surface area contributed by atoms with E-state index in [1.165, 1.54) is 0 Å². The molecule has 0 fully saturated rings. The molecular weight excluding hydrogens is 741 g/mol. The molecule has 3 aromatic heterocycles. The van der Waals surface area contributed by atoms with E-state index < -0.39 is 0 Å². The van der Waals surface area contributed by atoms with Gasteiger partial charge < -0.3 is 9.13 Å². The Morgan fingerprint density at radius 1 is 0.333 bits per heavy atom. The summed E-state index contributed by atoms with van der Waals surface area (Å²) in [5.41, 5.74) is 8.11. The summed E-state index contributed by atoms with van der Waals surface area (Å²) in [6.45, 7) is 0. The third-order valence-corrected chi connectivity index (χ3v) is 10.7. The molecule has 0 amide bonds. The smallest absolute Gasteiger partial charge is 0.164 e. The molecule has 0 N–H and O–H groups in total. The first-order chi connectivity index (χ1) is 29.5. The lowest BCUT2D eigenvalue weighted by Gasteiger charge is -2.18. The summed E-state index contributed by atoms with van der Waals surface area (Å²) in [4.78, 5) is 15.1. The lowest BCUT2D eigenvalue weighted by Crippen LogP contribution is -2.07. The number of hydrogen-bond acceptors (Lipinski definition) is 8. The molecule has 10 rings (SSSR count). The fourth-order valence-corrected chi connectivity index (χ4v) is 7.99. The van der Waals surface area contributed by atoms with E-state index in [4.69, 9.17) is 15.0 Å². The molecule has 0 aliphatic carbocycles. The van der Waals surface area contributed by atoms with Gasteiger partial charge in [-0.2, -0.15) is 26.3 Å². The number of nitriles is 5. The Bertz CT molecular complexity index is 3290. The molecule has 0 saturated carbocycles. The maximum Gasteiger partial charge on any atom is 0.164 e. The first-order valence-electron chi connectivity index (χ1n) is 18.7. The number of benzene rings is 7. The van der Waals surface area contributed by atoms with Crippen LogP contribution < -0.4 is 0 Å². The van der Waals surface area contributed by atoms with Gasteiger partial charge >= 0.3 is 0 Å². The van der Waals surface area contributed by atoms with E-state index in [0.717, 1.165) is 32.7 Å². The molecule has 60 heavy (non-hydrogen) atoms. The third kappa shape index (κ3) is 5.57. The van der Waals surface area contributed by atoms with Crippen LogP contribution in [-0.2, 0) is 0 Å².